The lowest BCUT2D eigenvalue weighted by molar-refractivity contribution is -0.116. The number of nitrogens with one attached hydrogen (secondary N) is 1. The molecule has 1 N–H and O–H groups in total. The molecule has 1 amide bonds. The highest BCUT2D eigenvalue weighted by atomic mass is 32.1. The molecule has 3 nitrogen and oxygen atoms in total. The summed E-state index contributed by atoms with van der Waals surface area (Å²) in [5.41, 5.74) is 2.35. The molecule has 1 aliphatic carbocycles. The van der Waals surface area contributed by atoms with Crippen molar-refractivity contribution in [2.75, 3.05) is 6.54 Å². The van der Waals surface area contributed by atoms with E-state index in [2.05, 4.69) is 37.0 Å². The summed E-state index contributed by atoms with van der Waals surface area (Å²) in [7, 11) is 0. The number of carbonyl (C=O) groups is 2. The summed E-state index contributed by atoms with van der Waals surface area (Å²) in [6, 6.07) is 8.13. The molecule has 0 aromatic heterocycles. The molecule has 1 aliphatic rings. The van der Waals surface area contributed by atoms with Crippen LogP contribution in [0.5, 0.6) is 0 Å². The number of carbonyl (C=O) groups excluding carboxylic acids is 2. The van der Waals surface area contributed by atoms with Gasteiger partial charge in [0.05, 0.1) is 0 Å². The van der Waals surface area contributed by atoms with Crippen molar-refractivity contribution in [3.8, 4) is 0 Å². The molecule has 2 rings (SSSR count). The molecule has 0 saturated carbocycles. The lowest BCUT2D eigenvalue weighted by atomic mass is 9.75. The van der Waals surface area contributed by atoms with Crippen molar-refractivity contribution >= 4 is 24.8 Å². The molecule has 26 heavy (non-hydrogen) atoms. The van der Waals surface area contributed by atoms with Crippen LogP contribution in [0.2, 0.25) is 0 Å². The van der Waals surface area contributed by atoms with Crippen molar-refractivity contribution in [2.24, 2.45) is 5.92 Å². The third-order valence-electron chi connectivity index (χ3n) is 5.14. The predicted octanol–water partition coefficient (Wildman–Crippen LogP) is 4.47. The van der Waals surface area contributed by atoms with E-state index in [0.717, 1.165) is 31.1 Å². The van der Waals surface area contributed by atoms with Gasteiger partial charge in [-0.2, -0.15) is 12.6 Å². The van der Waals surface area contributed by atoms with Crippen molar-refractivity contribution < 1.29 is 9.59 Å². The Hall–Kier alpha value is -1.55. The van der Waals surface area contributed by atoms with Crippen LogP contribution in [0, 0.1) is 5.92 Å². The number of hydrogen-bond acceptors (Lipinski definition) is 3. The van der Waals surface area contributed by atoms with Crippen molar-refractivity contribution in [3.63, 3.8) is 0 Å². The van der Waals surface area contributed by atoms with Crippen molar-refractivity contribution in [1.29, 1.82) is 0 Å². The van der Waals surface area contributed by atoms with Crippen LogP contribution < -0.4 is 5.32 Å². The molecule has 0 radical (unpaired) electrons. The smallest absolute Gasteiger partial charge is 0.243 e. The number of rotatable bonds is 10. The number of aldehydes is 1. The molecule has 0 heterocycles. The zero-order chi connectivity index (χ0) is 18.8. The summed E-state index contributed by atoms with van der Waals surface area (Å²) in [5, 5.41) is 2.94. The van der Waals surface area contributed by atoms with Gasteiger partial charge in [-0.05, 0) is 30.0 Å². The van der Waals surface area contributed by atoms with E-state index in [9.17, 15) is 9.59 Å². The van der Waals surface area contributed by atoms with Gasteiger partial charge in [0.2, 0.25) is 5.91 Å². The molecule has 0 spiro atoms. The Morgan fingerprint density at radius 1 is 1.19 bits per heavy atom. The zero-order valence-corrected chi connectivity index (χ0v) is 16.6. The first kappa shape index (κ1) is 20.8. The van der Waals surface area contributed by atoms with Crippen LogP contribution in [0.25, 0.3) is 0 Å². The molecule has 3 atom stereocenters. The molecule has 1 aromatic carbocycles. The van der Waals surface area contributed by atoms with Crippen LogP contribution in [0.4, 0.5) is 0 Å². The van der Waals surface area contributed by atoms with Gasteiger partial charge in [-0.1, -0.05) is 69.4 Å². The minimum atomic E-state index is -0.198. The second kappa shape index (κ2) is 11.2. The van der Waals surface area contributed by atoms with E-state index in [4.69, 9.17) is 0 Å². The molecule has 4 heteroatoms. The summed E-state index contributed by atoms with van der Waals surface area (Å²) < 4.78 is 0. The molecule has 0 fully saturated rings. The van der Waals surface area contributed by atoms with E-state index in [-0.39, 0.29) is 23.0 Å². The lowest BCUT2D eigenvalue weighted by Gasteiger charge is -2.32. The topological polar surface area (TPSA) is 46.2 Å². The van der Waals surface area contributed by atoms with E-state index in [1.54, 1.807) is 6.08 Å². The highest BCUT2D eigenvalue weighted by molar-refractivity contribution is 7.81. The molecule has 0 bridgehead atoms. The van der Waals surface area contributed by atoms with Crippen molar-refractivity contribution in [3.05, 3.63) is 47.5 Å². The fraction of sp³-hybridized carbons (Fsp3) is 0.545. The maximum absolute atomic E-state index is 12.1. The van der Waals surface area contributed by atoms with E-state index < -0.39 is 0 Å². The van der Waals surface area contributed by atoms with Gasteiger partial charge in [0, 0.05) is 23.6 Å². The summed E-state index contributed by atoms with van der Waals surface area (Å²) >= 11 is 4.60. The average Bonchev–Trinajstić information content (AvgIpc) is 2.65. The number of allylic oxidation sites excluding steroid dienone is 1. The molecular formula is C22H31NO2S. The van der Waals surface area contributed by atoms with E-state index in [0.29, 0.717) is 6.54 Å². The fourth-order valence-corrected chi connectivity index (χ4v) is 4.08. The van der Waals surface area contributed by atoms with Crippen molar-refractivity contribution in [2.45, 2.75) is 63.0 Å². The van der Waals surface area contributed by atoms with E-state index >= 15 is 0 Å². The van der Waals surface area contributed by atoms with Crippen LogP contribution in [0.1, 0.15) is 62.5 Å². The molecular weight excluding hydrogens is 342 g/mol. The average molecular weight is 374 g/mol. The van der Waals surface area contributed by atoms with Crippen LogP contribution in [0.3, 0.4) is 0 Å². The first-order valence-corrected chi connectivity index (χ1v) is 10.4. The minimum Gasteiger partial charge on any atom is -0.353 e. The number of fused-ring (bicyclic) bond motifs is 1. The number of benzene rings is 1. The number of hydrogen-bond donors (Lipinski definition) is 2. The van der Waals surface area contributed by atoms with Crippen molar-refractivity contribution in [1.82, 2.24) is 5.32 Å². The second-order valence-electron chi connectivity index (χ2n) is 7.13. The Morgan fingerprint density at radius 3 is 2.69 bits per heavy atom. The van der Waals surface area contributed by atoms with E-state index in [1.165, 1.54) is 31.2 Å². The Balaban J connectivity index is 1.87. The summed E-state index contributed by atoms with van der Waals surface area (Å²) in [6.07, 6.45) is 12.5. The molecule has 0 saturated heterocycles. The predicted molar refractivity (Wildman–Crippen MR) is 111 cm³/mol. The minimum absolute atomic E-state index is 0.0109. The van der Waals surface area contributed by atoms with E-state index in [1.807, 2.05) is 18.2 Å². The molecule has 1 unspecified atom stereocenters. The van der Waals surface area contributed by atoms with Gasteiger partial charge in [-0.3, -0.25) is 4.79 Å². The Bertz CT molecular complexity index is 614. The normalized spacial score (nSPS) is 22.2. The number of thiol groups is 1. The Labute approximate surface area is 163 Å². The maximum atomic E-state index is 12.1. The summed E-state index contributed by atoms with van der Waals surface area (Å²) in [5.74, 6) is -0.363. The maximum Gasteiger partial charge on any atom is 0.243 e. The highest BCUT2D eigenvalue weighted by Crippen LogP contribution is 2.38. The second-order valence-corrected chi connectivity index (χ2v) is 7.79. The van der Waals surface area contributed by atoms with Gasteiger partial charge in [0.25, 0.3) is 0 Å². The van der Waals surface area contributed by atoms with Gasteiger partial charge >= 0.3 is 0 Å². The molecule has 0 aliphatic heterocycles. The number of unbranched alkanes of at least 4 members (excludes halogenated alkanes) is 5. The van der Waals surface area contributed by atoms with Gasteiger partial charge in [0.1, 0.15) is 6.29 Å². The van der Waals surface area contributed by atoms with Gasteiger partial charge < -0.3 is 10.1 Å². The third-order valence-corrected chi connectivity index (χ3v) is 5.67. The van der Waals surface area contributed by atoms with Gasteiger partial charge in [0.15, 0.2) is 0 Å². The lowest BCUT2D eigenvalue weighted by Crippen LogP contribution is -2.31. The monoisotopic (exact) mass is 373 g/mol. The summed E-state index contributed by atoms with van der Waals surface area (Å²) in [6.45, 7) is 2.92. The Kier molecular flexibility index (Phi) is 8.96. The largest absolute Gasteiger partial charge is 0.353 e. The third kappa shape index (κ3) is 6.01. The zero-order valence-electron chi connectivity index (χ0n) is 15.7. The first-order valence-electron chi connectivity index (χ1n) is 9.84. The van der Waals surface area contributed by atoms with Gasteiger partial charge in [-0.25, -0.2) is 0 Å². The van der Waals surface area contributed by atoms with Gasteiger partial charge in [-0.15, -0.1) is 0 Å². The van der Waals surface area contributed by atoms with Crippen LogP contribution in [-0.2, 0) is 16.0 Å². The molecule has 1 aromatic rings. The Morgan fingerprint density at radius 2 is 1.92 bits per heavy atom. The highest BCUT2D eigenvalue weighted by Gasteiger charge is 2.33. The molecule has 142 valence electrons. The quantitative estimate of drug-likeness (QED) is 0.275. The SMILES string of the molecule is CCCCCCCCNC(=O)C=C[C@@H]1c2ccccc2CC(S)[C@@H]1C=O. The first-order chi connectivity index (χ1) is 12.7. The van der Waals surface area contributed by atoms with Crippen LogP contribution in [-0.4, -0.2) is 24.0 Å². The van der Waals surface area contributed by atoms with Crippen LogP contribution >= 0.6 is 12.6 Å². The fourth-order valence-electron chi connectivity index (χ4n) is 3.63. The van der Waals surface area contributed by atoms with Crippen LogP contribution in [0.15, 0.2) is 36.4 Å². The number of amides is 1. The standard InChI is InChI=1S/C22H31NO2S/c1-2-3-4-5-6-9-14-23-22(25)13-12-19-18-11-8-7-10-17(18)15-21(26)20(19)16-24/h7-8,10-13,16,19-21,26H,2-6,9,14-15H2,1H3,(H,23,25)/t19-,20-,21?/m1/s1. The summed E-state index contributed by atoms with van der Waals surface area (Å²) in [4.78, 5) is 23.7.